The van der Waals surface area contributed by atoms with Gasteiger partial charge in [-0.2, -0.15) is 8.42 Å². The number of carbonyl (C=O) groups is 7. The van der Waals surface area contributed by atoms with Crippen LogP contribution in [0.2, 0.25) is 0 Å². The molecule has 290 valence electrons. The molecule has 3 rings (SSSR count). The molecule has 7 N–H and O–H groups in total. The fraction of sp³-hybridized carbons (Fsp3) is 0.469. The van der Waals surface area contributed by atoms with Crippen LogP contribution in [0.3, 0.4) is 0 Å². The van der Waals surface area contributed by atoms with E-state index >= 15 is 0 Å². The predicted molar refractivity (Wildman–Crippen MR) is 180 cm³/mol. The number of anilines is 1. The second-order valence-corrected chi connectivity index (χ2v) is 14.3. The fourth-order valence-electron chi connectivity index (χ4n) is 4.64. The largest absolute Gasteiger partial charge is 0.479 e. The molecule has 0 unspecified atom stereocenters. The van der Waals surface area contributed by atoms with Gasteiger partial charge in [0.15, 0.2) is 6.10 Å². The van der Waals surface area contributed by atoms with Crippen LogP contribution in [0.25, 0.3) is 6.08 Å². The van der Waals surface area contributed by atoms with Gasteiger partial charge in [-0.15, -0.1) is 0 Å². The number of hydrogen-bond donors (Lipinski definition) is 7. The number of nitrogens with one attached hydrogen (secondary N) is 3. The normalized spacial score (nSPS) is 20.9. The van der Waals surface area contributed by atoms with Crippen molar-refractivity contribution in [1.82, 2.24) is 15.5 Å². The first kappa shape index (κ1) is 42.2. The average Bonchev–Trinajstić information content (AvgIpc) is 3.36. The zero-order valence-electron chi connectivity index (χ0n) is 28.7. The third-order valence-electron chi connectivity index (χ3n) is 7.33. The van der Waals surface area contributed by atoms with Crippen molar-refractivity contribution in [1.29, 1.82) is 0 Å². The highest BCUT2D eigenvalue weighted by atomic mass is 32.2. The van der Waals surface area contributed by atoms with Crippen molar-refractivity contribution in [3.63, 3.8) is 0 Å². The van der Waals surface area contributed by atoms with Crippen molar-refractivity contribution in [3.05, 3.63) is 42.0 Å². The number of aliphatic carboxylic acids is 1. The lowest BCUT2D eigenvalue weighted by Crippen LogP contribution is -2.53. The molecule has 0 bridgehead atoms. The molecule has 1 aromatic rings. The Morgan fingerprint density at radius 1 is 1.08 bits per heavy atom. The zero-order valence-corrected chi connectivity index (χ0v) is 29.5. The molecule has 5 atom stereocenters. The van der Waals surface area contributed by atoms with Gasteiger partial charge in [0.1, 0.15) is 36.8 Å². The number of rotatable bonds is 16. The number of hydrogen-bond acceptors (Lipinski definition) is 14. The van der Waals surface area contributed by atoms with Gasteiger partial charge in [-0.1, -0.05) is 12.1 Å². The van der Waals surface area contributed by atoms with Crippen LogP contribution in [0.4, 0.5) is 5.69 Å². The van der Waals surface area contributed by atoms with E-state index in [1.165, 1.54) is 24.3 Å². The summed E-state index contributed by atoms with van der Waals surface area (Å²) in [6.07, 6.45) is -2.34. The first-order valence-corrected chi connectivity index (χ1v) is 17.5. The monoisotopic (exact) mass is 768 g/mol. The van der Waals surface area contributed by atoms with E-state index < -0.39 is 113 Å². The highest BCUT2D eigenvalue weighted by molar-refractivity contribution is 7.85. The van der Waals surface area contributed by atoms with E-state index in [1.807, 2.05) is 5.32 Å². The minimum absolute atomic E-state index is 0.00302. The van der Waals surface area contributed by atoms with Crippen LogP contribution in [-0.4, -0.2) is 131 Å². The maximum absolute atomic E-state index is 13.0. The van der Waals surface area contributed by atoms with E-state index in [0.29, 0.717) is 10.5 Å². The quantitative estimate of drug-likeness (QED) is 0.0562. The highest BCUT2D eigenvalue weighted by Crippen LogP contribution is 2.31. The molecule has 53 heavy (non-hydrogen) atoms. The van der Waals surface area contributed by atoms with Gasteiger partial charge in [0.25, 0.3) is 21.9 Å². The third-order valence-corrected chi connectivity index (χ3v) is 8.09. The summed E-state index contributed by atoms with van der Waals surface area (Å²) in [5.74, 6) is -7.91. The number of carboxylic acid groups (broad SMARTS) is 1. The number of aliphatic hydroxyl groups is 2. The number of nitrogens with zero attached hydrogens (tertiary/aromatic N) is 1. The molecule has 0 aliphatic carbocycles. The van der Waals surface area contributed by atoms with Gasteiger partial charge in [-0.05, 0) is 44.5 Å². The van der Waals surface area contributed by atoms with E-state index in [0.717, 1.165) is 12.2 Å². The molecular weight excluding hydrogens is 728 g/mol. The van der Waals surface area contributed by atoms with Crippen molar-refractivity contribution in [2.24, 2.45) is 5.41 Å². The summed E-state index contributed by atoms with van der Waals surface area (Å²) >= 11 is 0. The van der Waals surface area contributed by atoms with Gasteiger partial charge in [0.05, 0.1) is 17.2 Å². The van der Waals surface area contributed by atoms with Gasteiger partial charge >= 0.3 is 11.9 Å². The molecule has 1 aromatic carbocycles. The van der Waals surface area contributed by atoms with Crippen molar-refractivity contribution in [2.75, 3.05) is 30.8 Å². The Labute approximate surface area is 302 Å². The summed E-state index contributed by atoms with van der Waals surface area (Å²) in [4.78, 5) is 85.7. The van der Waals surface area contributed by atoms with Crippen molar-refractivity contribution in [2.45, 2.75) is 64.3 Å². The minimum Gasteiger partial charge on any atom is -0.479 e. The maximum Gasteiger partial charge on any atom is 0.335 e. The molecular formula is C32H40N4O16S. The zero-order chi connectivity index (χ0) is 39.7. The number of esters is 1. The van der Waals surface area contributed by atoms with Gasteiger partial charge in [-0.25, -0.2) is 4.79 Å². The Morgan fingerprint density at radius 2 is 1.74 bits per heavy atom. The van der Waals surface area contributed by atoms with Gasteiger partial charge in [0, 0.05) is 31.5 Å². The molecule has 5 amide bonds. The molecule has 20 nitrogen and oxygen atoms in total. The van der Waals surface area contributed by atoms with E-state index in [2.05, 4.69) is 10.6 Å². The molecule has 2 aliphatic heterocycles. The molecule has 1 saturated heterocycles. The third kappa shape index (κ3) is 13.1. The number of aliphatic hydroxyl groups excluding tert-OH is 2. The number of carbonyl (C=O) groups excluding carboxylic acids is 6. The summed E-state index contributed by atoms with van der Waals surface area (Å²) in [5.41, 5.74) is -0.259. The van der Waals surface area contributed by atoms with E-state index in [1.54, 1.807) is 26.8 Å². The van der Waals surface area contributed by atoms with Crippen LogP contribution in [0, 0.1) is 5.41 Å². The molecule has 0 spiro atoms. The van der Waals surface area contributed by atoms with Crippen LogP contribution in [0.15, 0.2) is 36.4 Å². The molecule has 2 heterocycles. The Hall–Kier alpha value is -5.22. The van der Waals surface area contributed by atoms with Crippen molar-refractivity contribution >= 4 is 63.4 Å². The lowest BCUT2D eigenvalue weighted by molar-refractivity contribution is -0.228. The van der Waals surface area contributed by atoms with E-state index in [9.17, 15) is 61.9 Å². The van der Waals surface area contributed by atoms with Gasteiger partial charge in [0.2, 0.25) is 24.0 Å². The second-order valence-electron chi connectivity index (χ2n) is 12.8. The van der Waals surface area contributed by atoms with E-state index in [-0.39, 0.29) is 24.5 Å². The summed E-state index contributed by atoms with van der Waals surface area (Å²) < 4.78 is 48.6. The van der Waals surface area contributed by atoms with Crippen molar-refractivity contribution < 1.29 is 76.1 Å². The Bertz CT molecular complexity index is 1750. The number of carboxylic acids is 1. The van der Waals surface area contributed by atoms with Gasteiger partial charge < -0.3 is 45.5 Å². The first-order chi connectivity index (χ1) is 24.6. The van der Waals surface area contributed by atoms with Gasteiger partial charge in [-0.3, -0.25) is 38.2 Å². The Morgan fingerprint density at radius 3 is 2.34 bits per heavy atom. The Balaban J connectivity index is 1.70. The molecule has 0 aromatic heterocycles. The van der Waals surface area contributed by atoms with Crippen LogP contribution >= 0.6 is 0 Å². The number of amides is 5. The molecule has 2 aliphatic rings. The summed E-state index contributed by atoms with van der Waals surface area (Å²) in [6, 6.07) is 2.47. The SMILES string of the molecule is CC(C)(C)C(=O)OC/C=C/c1ccc(O[C@H]2C[C@@H](O)[C@H](O)[C@@H](C(=O)O)O2)c(NC(=O)CCNC(=O)[C@H](CS(=O)(=O)O)NC(=O)CN2C(=O)C=CC2=O)c1. The highest BCUT2D eigenvalue weighted by Gasteiger charge is 2.42. The number of ether oxygens (including phenoxy) is 3. The lowest BCUT2D eigenvalue weighted by atomic mass is 9.97. The number of imide groups is 1. The summed E-state index contributed by atoms with van der Waals surface area (Å²) in [5, 5.41) is 36.3. The summed E-state index contributed by atoms with van der Waals surface area (Å²) in [6.45, 7) is 3.71. The van der Waals surface area contributed by atoms with E-state index in [4.69, 9.17) is 14.2 Å². The molecule has 0 radical (unpaired) electrons. The van der Waals surface area contributed by atoms with Crippen LogP contribution < -0.4 is 20.7 Å². The summed E-state index contributed by atoms with van der Waals surface area (Å²) in [7, 11) is -4.83. The molecule has 1 fully saturated rings. The molecule has 0 saturated carbocycles. The maximum atomic E-state index is 13.0. The Kier molecular flexibility index (Phi) is 14.3. The topological polar surface area (TPSA) is 302 Å². The fourth-order valence-corrected chi connectivity index (χ4v) is 5.29. The number of benzene rings is 1. The molecule has 21 heteroatoms. The smallest absolute Gasteiger partial charge is 0.335 e. The van der Waals surface area contributed by atoms with Crippen LogP contribution in [0.1, 0.15) is 39.2 Å². The predicted octanol–water partition coefficient (Wildman–Crippen LogP) is -1.67. The second kappa shape index (κ2) is 18.0. The first-order valence-electron chi connectivity index (χ1n) is 15.9. The van der Waals surface area contributed by atoms with Crippen LogP contribution in [0.5, 0.6) is 5.75 Å². The standard InChI is InChI=1S/C32H40N4O16S/c1-32(2,3)31(46)50-12-4-5-17-6-7-21(51-26-14-20(37)27(42)28(52-26)30(44)45)18(13-17)34-22(38)10-11-33-29(43)19(16-53(47,48)49)35-23(39)15-36-24(40)8-9-25(36)41/h4-9,13,19-20,26-28,37,42H,10-12,14-16H2,1-3H3,(H,33,43)(H,34,38)(H,35,39)(H,44,45)(H,47,48,49)/b5-4+/t19-,20+,26+,27-,28-/m0/s1. The average molecular weight is 769 g/mol. The van der Waals surface area contributed by atoms with Crippen LogP contribution in [-0.2, 0) is 53.2 Å². The minimum atomic E-state index is -4.83. The lowest BCUT2D eigenvalue weighted by Gasteiger charge is -2.35. The van der Waals surface area contributed by atoms with Crippen molar-refractivity contribution in [3.8, 4) is 5.75 Å².